The minimum atomic E-state index is -5.08. The lowest BCUT2D eigenvalue weighted by Crippen LogP contribution is -2.40. The van der Waals surface area contributed by atoms with Gasteiger partial charge >= 0.3 is 12.1 Å². The number of halogens is 3. The summed E-state index contributed by atoms with van der Waals surface area (Å²) in [5.74, 6) is -0.899. The van der Waals surface area contributed by atoms with Crippen LogP contribution in [0.3, 0.4) is 0 Å². The topological polar surface area (TPSA) is 105 Å². The Kier molecular flexibility index (Phi) is 6.84. The zero-order valence-electron chi connectivity index (χ0n) is 16.5. The van der Waals surface area contributed by atoms with Crippen molar-refractivity contribution in [2.45, 2.75) is 19.1 Å². The highest BCUT2D eigenvalue weighted by Gasteiger charge is 2.54. The Hall–Kier alpha value is -3.08. The molecule has 0 unspecified atom stereocenters. The molecule has 0 bridgehead atoms. The number of ether oxygens (including phenoxy) is 1. The third-order valence-electron chi connectivity index (χ3n) is 5.39. The number of hydrogen-bond acceptors (Lipinski definition) is 6. The molecule has 4 rings (SSSR count). The van der Waals surface area contributed by atoms with Crippen molar-refractivity contribution in [3.05, 3.63) is 48.6 Å². The number of carbonyl (C=O) groups is 2. The molecule has 0 aliphatic carbocycles. The number of carbonyl (C=O) groups excluding carboxylic acids is 1. The van der Waals surface area contributed by atoms with Crippen LogP contribution < -0.4 is 10.1 Å². The van der Waals surface area contributed by atoms with Crippen LogP contribution in [0, 0.1) is 11.3 Å². The fourth-order valence-electron chi connectivity index (χ4n) is 3.80. The van der Waals surface area contributed by atoms with Crippen molar-refractivity contribution in [2.24, 2.45) is 11.3 Å². The van der Waals surface area contributed by atoms with Crippen LogP contribution in [-0.2, 0) is 16.1 Å². The second-order valence-electron chi connectivity index (χ2n) is 7.38. The Morgan fingerprint density at radius 2 is 2.13 bits per heavy atom. The average molecular weight is 441 g/mol. The second-order valence-corrected chi connectivity index (χ2v) is 7.38. The molecule has 11 heteroatoms. The van der Waals surface area contributed by atoms with E-state index in [2.05, 4.69) is 15.2 Å². The van der Waals surface area contributed by atoms with E-state index in [9.17, 15) is 18.0 Å². The maximum Gasteiger partial charge on any atom is 0.490 e. The van der Waals surface area contributed by atoms with Gasteiger partial charge in [-0.05, 0) is 31.2 Å². The summed E-state index contributed by atoms with van der Waals surface area (Å²) in [5.41, 5.74) is -0.360. The number of furan rings is 1. The lowest BCUT2D eigenvalue weighted by Gasteiger charge is -2.28. The number of aliphatic carboxylic acids is 1. The van der Waals surface area contributed by atoms with Crippen LogP contribution in [0.25, 0.3) is 0 Å². The summed E-state index contributed by atoms with van der Waals surface area (Å²) in [4.78, 5) is 27.9. The van der Waals surface area contributed by atoms with Crippen molar-refractivity contribution in [3.8, 4) is 5.88 Å². The zero-order chi connectivity index (χ0) is 22.5. The van der Waals surface area contributed by atoms with Crippen molar-refractivity contribution in [1.29, 1.82) is 0 Å². The van der Waals surface area contributed by atoms with Crippen molar-refractivity contribution in [3.63, 3.8) is 0 Å². The van der Waals surface area contributed by atoms with Gasteiger partial charge in [0.15, 0.2) is 0 Å². The monoisotopic (exact) mass is 441 g/mol. The quantitative estimate of drug-likeness (QED) is 0.734. The molecule has 2 fully saturated rings. The average Bonchev–Trinajstić information content (AvgIpc) is 3.45. The Morgan fingerprint density at radius 1 is 1.35 bits per heavy atom. The summed E-state index contributed by atoms with van der Waals surface area (Å²) in [6.07, 6.45) is -0.827. The fourth-order valence-corrected chi connectivity index (χ4v) is 3.80. The number of carboxylic acid groups (broad SMARTS) is 1. The van der Waals surface area contributed by atoms with Crippen molar-refractivity contribution < 1.29 is 37.0 Å². The summed E-state index contributed by atoms with van der Waals surface area (Å²) in [7, 11) is 0. The van der Waals surface area contributed by atoms with Crippen LogP contribution in [0.1, 0.15) is 12.2 Å². The molecule has 2 aliphatic rings. The molecule has 2 aromatic rings. The molecular weight excluding hydrogens is 419 g/mol. The largest absolute Gasteiger partial charge is 0.490 e. The summed E-state index contributed by atoms with van der Waals surface area (Å²) in [6, 6.07) is 9.47. The van der Waals surface area contributed by atoms with Gasteiger partial charge in [-0.25, -0.2) is 9.78 Å². The molecule has 2 aromatic heterocycles. The molecule has 8 nitrogen and oxygen atoms in total. The first kappa shape index (κ1) is 22.6. The van der Waals surface area contributed by atoms with E-state index in [4.69, 9.17) is 19.1 Å². The molecule has 0 saturated carbocycles. The highest BCUT2D eigenvalue weighted by Crippen LogP contribution is 2.42. The number of amides is 1. The van der Waals surface area contributed by atoms with Crippen molar-refractivity contribution in [1.82, 2.24) is 15.2 Å². The van der Waals surface area contributed by atoms with Crippen LogP contribution in [0.15, 0.2) is 47.2 Å². The van der Waals surface area contributed by atoms with Gasteiger partial charge in [-0.2, -0.15) is 13.2 Å². The van der Waals surface area contributed by atoms with E-state index in [1.54, 1.807) is 12.5 Å². The SMILES string of the molecule is O=C(O)C(F)(F)F.O=C1NC[C@H](COc2ccccn2)[C@]12CCN(Cc1ccco1)C2. The maximum absolute atomic E-state index is 12.5. The smallest absolute Gasteiger partial charge is 0.477 e. The van der Waals surface area contributed by atoms with E-state index in [0.717, 1.165) is 31.8 Å². The van der Waals surface area contributed by atoms with Gasteiger partial charge in [0, 0.05) is 31.3 Å². The molecule has 31 heavy (non-hydrogen) atoms. The van der Waals surface area contributed by atoms with E-state index >= 15 is 0 Å². The fraction of sp³-hybridized carbons (Fsp3) is 0.450. The van der Waals surface area contributed by atoms with E-state index in [-0.39, 0.29) is 17.2 Å². The van der Waals surface area contributed by atoms with Crippen molar-refractivity contribution in [2.75, 3.05) is 26.2 Å². The molecule has 0 radical (unpaired) electrons. The van der Waals surface area contributed by atoms with Gasteiger partial charge in [0.2, 0.25) is 11.8 Å². The Bertz CT molecular complexity index is 876. The molecule has 1 amide bonds. The predicted octanol–water partition coefficient (Wildman–Crippen LogP) is 2.33. The lowest BCUT2D eigenvalue weighted by atomic mass is 9.77. The number of pyridine rings is 1. The zero-order valence-corrected chi connectivity index (χ0v) is 16.5. The van der Waals surface area contributed by atoms with E-state index in [1.165, 1.54) is 0 Å². The maximum atomic E-state index is 12.5. The number of aromatic nitrogens is 1. The van der Waals surface area contributed by atoms with Gasteiger partial charge in [0.1, 0.15) is 5.76 Å². The number of nitrogens with zero attached hydrogens (tertiary/aromatic N) is 2. The van der Waals surface area contributed by atoms with Crippen LogP contribution in [0.5, 0.6) is 5.88 Å². The number of alkyl halides is 3. The number of likely N-dealkylation sites (tertiary alicyclic amines) is 1. The molecule has 2 saturated heterocycles. The predicted molar refractivity (Wildman–Crippen MR) is 101 cm³/mol. The van der Waals surface area contributed by atoms with Gasteiger partial charge in [0.25, 0.3) is 0 Å². The van der Waals surface area contributed by atoms with Crippen molar-refractivity contribution >= 4 is 11.9 Å². The van der Waals surface area contributed by atoms with Gasteiger partial charge in [-0.1, -0.05) is 6.07 Å². The normalized spacial score (nSPS) is 23.3. The highest BCUT2D eigenvalue weighted by atomic mass is 19.4. The van der Waals surface area contributed by atoms with E-state index in [1.807, 2.05) is 30.3 Å². The standard InChI is InChI=1S/C18H21N3O3.C2HF3O2/c22-17-18(6-8-21(13-18)11-15-4-3-9-23-15)14(10-20-17)12-24-16-5-1-2-7-19-16;3-2(4,5)1(6)7/h1-5,7,9,14H,6,8,10-13H2,(H,20,22);(H,6,7)/t14-,18-;/m1./s1. The Balaban J connectivity index is 0.000000339. The van der Waals surface area contributed by atoms with Gasteiger partial charge < -0.3 is 19.6 Å². The minimum Gasteiger partial charge on any atom is -0.477 e. The lowest BCUT2D eigenvalue weighted by molar-refractivity contribution is -0.192. The Labute approximate surface area is 176 Å². The van der Waals surface area contributed by atoms with E-state index < -0.39 is 12.1 Å². The molecule has 4 heterocycles. The van der Waals surface area contributed by atoms with Gasteiger partial charge in [0.05, 0.1) is 24.8 Å². The van der Waals surface area contributed by atoms with E-state index in [0.29, 0.717) is 19.0 Å². The van der Waals surface area contributed by atoms with Crippen LogP contribution in [0.2, 0.25) is 0 Å². The molecule has 2 aliphatic heterocycles. The first-order chi connectivity index (χ1) is 14.7. The first-order valence-electron chi connectivity index (χ1n) is 9.58. The number of nitrogens with one attached hydrogen (secondary N) is 1. The highest BCUT2D eigenvalue weighted by molar-refractivity contribution is 5.86. The van der Waals surface area contributed by atoms with Gasteiger partial charge in [-0.15, -0.1) is 0 Å². The molecule has 2 N–H and O–H groups in total. The van der Waals surface area contributed by atoms with Crippen LogP contribution >= 0.6 is 0 Å². The molecule has 1 spiro atoms. The molecule has 0 aromatic carbocycles. The summed E-state index contributed by atoms with van der Waals surface area (Å²) in [5, 5.41) is 10.2. The van der Waals surface area contributed by atoms with Crippen LogP contribution in [-0.4, -0.2) is 59.3 Å². The van der Waals surface area contributed by atoms with Crippen LogP contribution in [0.4, 0.5) is 13.2 Å². The first-order valence-corrected chi connectivity index (χ1v) is 9.58. The molecular formula is C20H22F3N3O5. The number of carboxylic acids is 1. The third kappa shape index (κ3) is 5.54. The minimum absolute atomic E-state index is 0.152. The summed E-state index contributed by atoms with van der Waals surface area (Å²) < 4.78 is 43.0. The van der Waals surface area contributed by atoms with Gasteiger partial charge in [-0.3, -0.25) is 9.69 Å². The molecule has 2 atom stereocenters. The number of hydrogen-bond donors (Lipinski definition) is 2. The Morgan fingerprint density at radius 3 is 2.74 bits per heavy atom. The summed E-state index contributed by atoms with van der Waals surface area (Å²) in [6.45, 7) is 3.56. The second kappa shape index (κ2) is 9.38. The third-order valence-corrected chi connectivity index (χ3v) is 5.39. The number of rotatable bonds is 5. The molecule has 168 valence electrons. The summed E-state index contributed by atoms with van der Waals surface area (Å²) >= 11 is 0.